The predicted molar refractivity (Wildman–Crippen MR) is 120 cm³/mol. The third-order valence-corrected chi connectivity index (χ3v) is 5.75. The molecule has 0 aliphatic carbocycles. The number of nitrogens with zero attached hydrogens (tertiary/aromatic N) is 5. The Bertz CT molecular complexity index is 1320. The predicted octanol–water partition coefficient (Wildman–Crippen LogP) is 3.80. The molecule has 0 saturated carbocycles. The Balaban J connectivity index is 1.44. The maximum Gasteiger partial charge on any atom is 0.254 e. The van der Waals surface area contributed by atoms with Crippen molar-refractivity contribution in [1.29, 1.82) is 5.26 Å². The molecule has 1 fully saturated rings. The van der Waals surface area contributed by atoms with Gasteiger partial charge in [0.2, 0.25) is 0 Å². The van der Waals surface area contributed by atoms with Crippen LogP contribution in [0.15, 0.2) is 67.0 Å². The van der Waals surface area contributed by atoms with Crippen LogP contribution in [0.1, 0.15) is 22.8 Å². The minimum atomic E-state index is 0.0228. The van der Waals surface area contributed by atoms with Crippen LogP contribution in [0.25, 0.3) is 28.0 Å². The molecule has 1 atom stereocenters. The number of carbonyl (C=O) groups excluding carboxylic acids is 1. The third-order valence-electron chi connectivity index (χ3n) is 5.75. The van der Waals surface area contributed by atoms with Crippen LogP contribution in [0, 0.1) is 11.3 Å². The van der Waals surface area contributed by atoms with E-state index in [-0.39, 0.29) is 11.9 Å². The molecule has 7 nitrogen and oxygen atoms in total. The van der Waals surface area contributed by atoms with E-state index in [1.165, 1.54) is 0 Å². The van der Waals surface area contributed by atoms with Gasteiger partial charge in [0.05, 0.1) is 42.8 Å². The van der Waals surface area contributed by atoms with E-state index in [0.29, 0.717) is 30.9 Å². The lowest BCUT2D eigenvalue weighted by atomic mass is 10.1. The number of amides is 1. The lowest BCUT2D eigenvalue weighted by molar-refractivity contribution is 0.00359. The summed E-state index contributed by atoms with van der Waals surface area (Å²) in [6.07, 6.45) is 3.65. The highest BCUT2D eigenvalue weighted by Gasteiger charge is 2.24. The highest BCUT2D eigenvalue weighted by Crippen LogP contribution is 2.26. The van der Waals surface area contributed by atoms with E-state index in [4.69, 9.17) is 15.0 Å². The Labute approximate surface area is 185 Å². The number of nitriles is 1. The van der Waals surface area contributed by atoms with Crippen LogP contribution < -0.4 is 0 Å². The number of fused-ring (bicyclic) bond motifs is 1. The average molecular weight is 423 g/mol. The first-order valence-electron chi connectivity index (χ1n) is 10.5. The molecule has 1 aliphatic heterocycles. The monoisotopic (exact) mass is 423 g/mol. The van der Waals surface area contributed by atoms with Crippen molar-refractivity contribution in [3.8, 4) is 28.5 Å². The highest BCUT2D eigenvalue weighted by atomic mass is 16.5. The SMILES string of the molecule is CC1COCCN1C(=O)c1ccc(-c2ccn3ncc(-c4ccc(C#N)cc4)c3n2)cc1. The molecule has 1 aliphatic rings. The number of benzene rings is 2. The number of rotatable bonds is 3. The number of carbonyl (C=O) groups is 1. The molecule has 1 amide bonds. The zero-order chi connectivity index (χ0) is 22.1. The summed E-state index contributed by atoms with van der Waals surface area (Å²) in [5.74, 6) is 0.0228. The lowest BCUT2D eigenvalue weighted by Crippen LogP contribution is -2.47. The second-order valence-electron chi connectivity index (χ2n) is 7.83. The van der Waals surface area contributed by atoms with Gasteiger partial charge in [-0.15, -0.1) is 0 Å². The van der Waals surface area contributed by atoms with Crippen LogP contribution in [0.5, 0.6) is 0 Å². The Morgan fingerprint density at radius 2 is 1.84 bits per heavy atom. The highest BCUT2D eigenvalue weighted by molar-refractivity contribution is 5.95. The van der Waals surface area contributed by atoms with Gasteiger partial charge in [-0.1, -0.05) is 24.3 Å². The summed E-state index contributed by atoms with van der Waals surface area (Å²) in [4.78, 5) is 19.6. The van der Waals surface area contributed by atoms with Crippen LogP contribution in [0.4, 0.5) is 0 Å². The maximum atomic E-state index is 12.9. The molecule has 1 unspecified atom stereocenters. The summed E-state index contributed by atoms with van der Waals surface area (Å²) < 4.78 is 7.16. The first kappa shape index (κ1) is 19.9. The first-order valence-corrected chi connectivity index (χ1v) is 10.5. The molecule has 1 saturated heterocycles. The van der Waals surface area contributed by atoms with E-state index < -0.39 is 0 Å². The van der Waals surface area contributed by atoms with E-state index in [9.17, 15) is 4.79 Å². The summed E-state index contributed by atoms with van der Waals surface area (Å²) in [7, 11) is 0. The van der Waals surface area contributed by atoms with Crippen molar-refractivity contribution < 1.29 is 9.53 Å². The van der Waals surface area contributed by atoms with E-state index in [1.807, 2.05) is 60.5 Å². The molecule has 7 heteroatoms. The molecular weight excluding hydrogens is 402 g/mol. The molecule has 3 heterocycles. The maximum absolute atomic E-state index is 12.9. The minimum Gasteiger partial charge on any atom is -0.377 e. The van der Waals surface area contributed by atoms with Crippen molar-refractivity contribution in [1.82, 2.24) is 19.5 Å². The van der Waals surface area contributed by atoms with Gasteiger partial charge < -0.3 is 9.64 Å². The van der Waals surface area contributed by atoms with Gasteiger partial charge in [-0.2, -0.15) is 10.4 Å². The van der Waals surface area contributed by atoms with Crippen molar-refractivity contribution >= 4 is 11.6 Å². The lowest BCUT2D eigenvalue weighted by Gasteiger charge is -2.33. The quantitative estimate of drug-likeness (QED) is 0.501. The first-order chi connectivity index (χ1) is 15.6. The molecule has 158 valence electrons. The van der Waals surface area contributed by atoms with Gasteiger partial charge in [-0.05, 0) is 42.8 Å². The van der Waals surface area contributed by atoms with Gasteiger partial charge in [0.1, 0.15) is 0 Å². The number of hydrogen-bond donors (Lipinski definition) is 0. The molecule has 5 rings (SSSR count). The van der Waals surface area contributed by atoms with E-state index in [1.54, 1.807) is 22.8 Å². The van der Waals surface area contributed by atoms with Gasteiger partial charge in [0, 0.05) is 29.4 Å². The van der Waals surface area contributed by atoms with Crippen LogP contribution in [-0.2, 0) is 4.74 Å². The van der Waals surface area contributed by atoms with Gasteiger partial charge in [-0.3, -0.25) is 4.79 Å². The second-order valence-corrected chi connectivity index (χ2v) is 7.83. The van der Waals surface area contributed by atoms with Gasteiger partial charge in [0.25, 0.3) is 5.91 Å². The van der Waals surface area contributed by atoms with Gasteiger partial charge in [-0.25, -0.2) is 9.50 Å². The van der Waals surface area contributed by atoms with Crippen molar-refractivity contribution in [2.45, 2.75) is 13.0 Å². The van der Waals surface area contributed by atoms with E-state index >= 15 is 0 Å². The fraction of sp³-hybridized carbons (Fsp3) is 0.200. The normalized spacial score (nSPS) is 16.1. The number of ether oxygens (including phenoxy) is 1. The second kappa shape index (κ2) is 8.25. The van der Waals surface area contributed by atoms with Crippen LogP contribution in [0.2, 0.25) is 0 Å². The van der Waals surface area contributed by atoms with Gasteiger partial charge in [0.15, 0.2) is 5.65 Å². The van der Waals surface area contributed by atoms with E-state index in [0.717, 1.165) is 28.0 Å². The molecule has 2 aromatic carbocycles. The Hall–Kier alpha value is -4.02. The summed E-state index contributed by atoms with van der Waals surface area (Å²) in [5, 5.41) is 13.4. The summed E-state index contributed by atoms with van der Waals surface area (Å²) in [6, 6.07) is 19.0. The summed E-state index contributed by atoms with van der Waals surface area (Å²) >= 11 is 0. The largest absolute Gasteiger partial charge is 0.377 e. The van der Waals surface area contributed by atoms with Crippen molar-refractivity contribution in [3.63, 3.8) is 0 Å². The van der Waals surface area contributed by atoms with Crippen LogP contribution in [0.3, 0.4) is 0 Å². The molecule has 0 bridgehead atoms. The van der Waals surface area contributed by atoms with Crippen LogP contribution >= 0.6 is 0 Å². The summed E-state index contributed by atoms with van der Waals surface area (Å²) in [5.41, 5.74) is 5.56. The molecule has 0 radical (unpaired) electrons. The molecule has 0 spiro atoms. The van der Waals surface area contributed by atoms with E-state index in [2.05, 4.69) is 11.2 Å². The zero-order valence-electron chi connectivity index (χ0n) is 17.6. The third kappa shape index (κ3) is 3.61. The number of morpholine rings is 1. The van der Waals surface area contributed by atoms with Crippen LogP contribution in [-0.4, -0.2) is 51.2 Å². The average Bonchev–Trinajstić information content (AvgIpc) is 3.27. The van der Waals surface area contributed by atoms with Crippen molar-refractivity contribution in [2.24, 2.45) is 0 Å². The zero-order valence-corrected chi connectivity index (χ0v) is 17.6. The standard InChI is InChI=1S/C25H21N5O2/c1-17-16-32-13-12-29(17)25(31)21-8-6-20(7-9-21)23-10-11-30-24(28-23)22(15-27-30)19-4-2-18(14-26)3-5-19/h2-11,15,17H,12-13,16H2,1H3. The Kier molecular flexibility index (Phi) is 5.13. The molecule has 4 aromatic rings. The molecular formula is C25H21N5O2. The Morgan fingerprint density at radius 1 is 1.09 bits per heavy atom. The topological polar surface area (TPSA) is 83.5 Å². The fourth-order valence-electron chi connectivity index (χ4n) is 3.94. The fourth-order valence-corrected chi connectivity index (χ4v) is 3.94. The van der Waals surface area contributed by atoms with Gasteiger partial charge >= 0.3 is 0 Å². The smallest absolute Gasteiger partial charge is 0.254 e. The number of hydrogen-bond acceptors (Lipinski definition) is 5. The molecule has 32 heavy (non-hydrogen) atoms. The van der Waals surface area contributed by atoms with Crippen molar-refractivity contribution in [2.75, 3.05) is 19.8 Å². The molecule has 2 aromatic heterocycles. The Morgan fingerprint density at radius 3 is 2.56 bits per heavy atom. The minimum absolute atomic E-state index is 0.0228. The summed E-state index contributed by atoms with van der Waals surface area (Å²) in [6.45, 7) is 3.76. The van der Waals surface area contributed by atoms with Crippen molar-refractivity contribution in [3.05, 3.63) is 78.1 Å². The molecule has 0 N–H and O–H groups in total. The number of aromatic nitrogens is 3.